The highest BCUT2D eigenvalue weighted by atomic mass is 28.4. The highest BCUT2D eigenvalue weighted by Crippen LogP contribution is 2.18. The van der Waals surface area contributed by atoms with Crippen molar-refractivity contribution in [3.8, 4) is 0 Å². The van der Waals surface area contributed by atoms with Crippen LogP contribution in [0.4, 0.5) is 0 Å². The van der Waals surface area contributed by atoms with E-state index in [0.717, 1.165) is 25.7 Å². The van der Waals surface area contributed by atoms with Crippen molar-refractivity contribution in [1.82, 2.24) is 0 Å². The van der Waals surface area contributed by atoms with E-state index in [1.165, 1.54) is 0 Å². The fraction of sp³-hybridized carbons (Fsp3) is 1.00. The molecule has 0 saturated heterocycles. The summed E-state index contributed by atoms with van der Waals surface area (Å²) < 4.78 is 33.8. The molecule has 0 N–H and O–H groups in total. The molecule has 0 bridgehead atoms. The largest absolute Gasteiger partial charge is 0.506 e. The van der Waals surface area contributed by atoms with Gasteiger partial charge in [0.15, 0.2) is 0 Å². The lowest BCUT2D eigenvalue weighted by Crippen LogP contribution is -2.47. The maximum absolute atomic E-state index is 5.84. The second-order valence-corrected chi connectivity index (χ2v) is 7.68. The smallest absolute Gasteiger partial charge is 0.356 e. The van der Waals surface area contributed by atoms with Gasteiger partial charge in [-0.1, -0.05) is 34.1 Å². The number of rotatable bonds is 17. The number of hydrogen-bond donors (Lipinski definition) is 0. The van der Waals surface area contributed by atoms with Crippen molar-refractivity contribution in [2.45, 2.75) is 59.4 Å². The van der Waals surface area contributed by atoms with Crippen LogP contribution in [0.1, 0.15) is 53.4 Å². The number of ether oxygens (including phenoxy) is 3. The summed E-state index contributed by atoms with van der Waals surface area (Å²) in [6.07, 6.45) is 3.76. The van der Waals surface area contributed by atoms with Crippen molar-refractivity contribution in [2.24, 2.45) is 0 Å². The third-order valence-electron chi connectivity index (χ3n) is 2.69. The molecule has 6 nitrogen and oxygen atoms in total. The molecule has 0 spiro atoms. The molecule has 134 valence electrons. The van der Waals surface area contributed by atoms with E-state index in [2.05, 4.69) is 27.7 Å². The molecule has 0 aliphatic rings. The molecule has 7 heteroatoms. The van der Waals surface area contributed by atoms with Gasteiger partial charge in [-0.2, -0.15) is 0 Å². The second-order valence-electron chi connectivity index (χ2n) is 4.94. The topological polar surface area (TPSA) is 55.4 Å². The minimum atomic E-state index is -2.82. The van der Waals surface area contributed by atoms with E-state index in [-0.39, 0.29) is 20.4 Å². The Bertz CT molecular complexity index is 199. The van der Waals surface area contributed by atoms with Crippen molar-refractivity contribution in [2.75, 3.05) is 40.2 Å². The summed E-state index contributed by atoms with van der Waals surface area (Å²) in [6, 6.07) is 0.716. The summed E-state index contributed by atoms with van der Waals surface area (Å²) >= 11 is 0. The Morgan fingerprint density at radius 3 is 1.18 bits per heavy atom. The Balaban J connectivity index is 4.39. The predicted octanol–water partition coefficient (Wildman–Crippen LogP) is 3.54. The molecule has 0 fully saturated rings. The average Bonchev–Trinajstić information content (AvgIpc) is 2.53. The van der Waals surface area contributed by atoms with Gasteiger partial charge in [-0.15, -0.1) is 0 Å². The zero-order valence-corrected chi connectivity index (χ0v) is 15.7. The van der Waals surface area contributed by atoms with E-state index >= 15 is 0 Å². The van der Waals surface area contributed by atoms with Crippen LogP contribution in [-0.4, -0.2) is 49.0 Å². The molecule has 0 aliphatic heterocycles. The Kier molecular flexibility index (Phi) is 15.8. The lowest BCUT2D eigenvalue weighted by molar-refractivity contribution is -0.103. The molecule has 0 heterocycles. The Morgan fingerprint density at radius 2 is 0.909 bits per heavy atom. The Morgan fingerprint density at radius 1 is 0.545 bits per heavy atom. The molecule has 22 heavy (non-hydrogen) atoms. The van der Waals surface area contributed by atoms with E-state index < -0.39 is 8.80 Å². The molecule has 0 unspecified atom stereocenters. The van der Waals surface area contributed by atoms with Gasteiger partial charge in [0.25, 0.3) is 0 Å². The van der Waals surface area contributed by atoms with Crippen LogP contribution in [0.15, 0.2) is 0 Å². The Hall–Kier alpha value is -0.0231. The first-order valence-electron chi connectivity index (χ1n) is 8.39. The molecule has 0 atom stereocenters. The molecule has 0 aromatic heterocycles. The van der Waals surface area contributed by atoms with Gasteiger partial charge >= 0.3 is 8.80 Å². The normalized spacial score (nSPS) is 12.0. The van der Waals surface area contributed by atoms with Crippen LogP contribution >= 0.6 is 0 Å². The van der Waals surface area contributed by atoms with Crippen LogP contribution in [0.25, 0.3) is 0 Å². The van der Waals surface area contributed by atoms with Crippen molar-refractivity contribution in [3.05, 3.63) is 0 Å². The minimum Gasteiger partial charge on any atom is -0.356 e. The highest BCUT2D eigenvalue weighted by molar-refractivity contribution is 6.60. The minimum absolute atomic E-state index is 0.182. The molecule has 0 aliphatic carbocycles. The maximum Gasteiger partial charge on any atom is 0.506 e. The molecular weight excluding hydrogens is 304 g/mol. The highest BCUT2D eigenvalue weighted by Gasteiger charge is 2.41. The van der Waals surface area contributed by atoms with Crippen LogP contribution in [0.2, 0.25) is 6.04 Å². The number of hydrogen-bond acceptors (Lipinski definition) is 6. The quantitative estimate of drug-likeness (QED) is 0.230. The molecule has 0 amide bonds. The first-order chi connectivity index (χ1) is 10.7. The Labute approximate surface area is 136 Å². The summed E-state index contributed by atoms with van der Waals surface area (Å²) in [5.41, 5.74) is 0. The van der Waals surface area contributed by atoms with Crippen molar-refractivity contribution >= 4 is 8.80 Å². The van der Waals surface area contributed by atoms with Gasteiger partial charge in [-0.05, 0) is 19.3 Å². The van der Waals surface area contributed by atoms with E-state index in [9.17, 15) is 0 Å². The zero-order chi connectivity index (χ0) is 16.5. The van der Waals surface area contributed by atoms with E-state index in [4.69, 9.17) is 27.5 Å². The zero-order valence-electron chi connectivity index (χ0n) is 14.7. The molecule has 0 rings (SSSR count). The van der Waals surface area contributed by atoms with Crippen LogP contribution in [0.3, 0.4) is 0 Å². The SMILES string of the molecule is CCCOCO[Si](CCC)(OCOCCC)OCOCCC. The maximum atomic E-state index is 5.84. The summed E-state index contributed by atoms with van der Waals surface area (Å²) in [4.78, 5) is 0. The van der Waals surface area contributed by atoms with Crippen LogP contribution in [0.5, 0.6) is 0 Å². The first-order valence-corrected chi connectivity index (χ1v) is 10.3. The molecule has 0 aromatic rings. The standard InChI is InChI=1S/C15H34O6Si/c1-5-9-16-13-19-22(12-8-4,20-14-17-10-6-2)21-15-18-11-7-3/h5-15H2,1-4H3. The fourth-order valence-electron chi connectivity index (χ4n) is 1.65. The van der Waals surface area contributed by atoms with Gasteiger partial charge in [0.05, 0.1) is 0 Å². The van der Waals surface area contributed by atoms with Crippen molar-refractivity contribution < 1.29 is 27.5 Å². The first kappa shape index (κ1) is 22.0. The van der Waals surface area contributed by atoms with Gasteiger partial charge in [-0.25, -0.2) is 0 Å². The van der Waals surface area contributed by atoms with E-state index in [1.807, 2.05) is 0 Å². The molecular formula is C15H34O6Si. The van der Waals surface area contributed by atoms with E-state index in [1.54, 1.807) is 0 Å². The lowest BCUT2D eigenvalue weighted by atomic mass is 10.5. The van der Waals surface area contributed by atoms with Crippen molar-refractivity contribution in [3.63, 3.8) is 0 Å². The van der Waals surface area contributed by atoms with Gasteiger partial charge in [-0.3, -0.25) is 0 Å². The van der Waals surface area contributed by atoms with Crippen LogP contribution < -0.4 is 0 Å². The summed E-state index contributed by atoms with van der Waals surface area (Å²) in [6.45, 7) is 10.8. The monoisotopic (exact) mass is 338 g/mol. The summed E-state index contributed by atoms with van der Waals surface area (Å²) in [7, 11) is -2.82. The summed E-state index contributed by atoms with van der Waals surface area (Å²) in [5.74, 6) is 0. The average molecular weight is 339 g/mol. The van der Waals surface area contributed by atoms with Gasteiger partial charge in [0.2, 0.25) is 0 Å². The third kappa shape index (κ3) is 11.5. The fourth-order valence-corrected chi connectivity index (χ4v) is 3.74. The van der Waals surface area contributed by atoms with Gasteiger partial charge in [0, 0.05) is 25.9 Å². The van der Waals surface area contributed by atoms with Crippen LogP contribution in [-0.2, 0) is 27.5 Å². The molecule has 0 saturated carbocycles. The third-order valence-corrected chi connectivity index (χ3v) is 5.47. The molecule has 0 radical (unpaired) electrons. The predicted molar refractivity (Wildman–Crippen MR) is 87.4 cm³/mol. The molecule has 0 aromatic carbocycles. The summed E-state index contributed by atoms with van der Waals surface area (Å²) in [5, 5.41) is 0. The van der Waals surface area contributed by atoms with Gasteiger partial charge < -0.3 is 27.5 Å². The second kappa shape index (κ2) is 15.9. The van der Waals surface area contributed by atoms with Gasteiger partial charge in [0.1, 0.15) is 20.4 Å². The lowest BCUT2D eigenvalue weighted by Gasteiger charge is -2.29. The van der Waals surface area contributed by atoms with Crippen molar-refractivity contribution in [1.29, 1.82) is 0 Å². The van der Waals surface area contributed by atoms with Crippen LogP contribution in [0, 0.1) is 0 Å². The van der Waals surface area contributed by atoms with E-state index in [0.29, 0.717) is 25.9 Å².